The molecule has 0 aliphatic carbocycles. The lowest BCUT2D eigenvalue weighted by atomic mass is 10.4. The molecule has 0 unspecified atom stereocenters. The molecule has 1 saturated heterocycles. The van der Waals surface area contributed by atoms with Crippen molar-refractivity contribution in [1.29, 1.82) is 0 Å². The Kier molecular flexibility index (Phi) is 5.40. The van der Waals surface area contributed by atoms with Crippen LogP contribution in [0.5, 0.6) is 0 Å². The molecule has 1 N–H and O–H groups in total. The fourth-order valence-electron chi connectivity index (χ4n) is 1.35. The monoisotopic (exact) mass is 203 g/mol. The summed E-state index contributed by atoms with van der Waals surface area (Å²) >= 11 is 0. The summed E-state index contributed by atoms with van der Waals surface area (Å²) in [5.41, 5.74) is 0. The first-order valence-corrected chi connectivity index (χ1v) is 5.39. The SMILES string of the molecule is C[N+]1(C)CCOCCNCCOCC1. The highest BCUT2D eigenvalue weighted by molar-refractivity contribution is 4.46. The second kappa shape index (κ2) is 6.35. The van der Waals surface area contributed by atoms with Gasteiger partial charge in [0.1, 0.15) is 13.1 Å². The molecule has 0 radical (unpaired) electrons. The van der Waals surface area contributed by atoms with Crippen LogP contribution in [-0.2, 0) is 9.47 Å². The highest BCUT2D eigenvalue weighted by Gasteiger charge is 2.14. The number of hydrogen-bond donors (Lipinski definition) is 1. The van der Waals surface area contributed by atoms with Crippen molar-refractivity contribution in [1.82, 2.24) is 5.32 Å². The maximum absolute atomic E-state index is 5.52. The first-order chi connectivity index (χ1) is 6.71. The second-order valence-corrected chi connectivity index (χ2v) is 4.36. The molecule has 0 atom stereocenters. The van der Waals surface area contributed by atoms with E-state index in [4.69, 9.17) is 9.47 Å². The van der Waals surface area contributed by atoms with Gasteiger partial charge >= 0.3 is 0 Å². The molecule has 0 aromatic rings. The van der Waals surface area contributed by atoms with Crippen LogP contribution < -0.4 is 5.32 Å². The van der Waals surface area contributed by atoms with Crippen LogP contribution in [0.15, 0.2) is 0 Å². The van der Waals surface area contributed by atoms with Gasteiger partial charge in [-0.15, -0.1) is 0 Å². The lowest BCUT2D eigenvalue weighted by Gasteiger charge is -2.29. The molecule has 0 amide bonds. The zero-order chi connectivity index (χ0) is 10.3. The third kappa shape index (κ3) is 5.54. The van der Waals surface area contributed by atoms with Gasteiger partial charge in [-0.05, 0) is 0 Å². The van der Waals surface area contributed by atoms with Crippen LogP contribution >= 0.6 is 0 Å². The first-order valence-electron chi connectivity index (χ1n) is 5.39. The summed E-state index contributed by atoms with van der Waals surface area (Å²) in [6.45, 7) is 7.27. The van der Waals surface area contributed by atoms with Crippen molar-refractivity contribution in [3.05, 3.63) is 0 Å². The Balaban J connectivity index is 2.24. The number of ether oxygens (including phenoxy) is 2. The van der Waals surface area contributed by atoms with Gasteiger partial charge in [0, 0.05) is 13.1 Å². The zero-order valence-corrected chi connectivity index (χ0v) is 9.42. The van der Waals surface area contributed by atoms with Gasteiger partial charge in [-0.1, -0.05) is 0 Å². The Labute approximate surface area is 86.8 Å². The van der Waals surface area contributed by atoms with Crippen LogP contribution in [0, 0.1) is 0 Å². The largest absolute Gasteiger partial charge is 0.374 e. The Morgan fingerprint density at radius 3 is 1.86 bits per heavy atom. The molecule has 4 nitrogen and oxygen atoms in total. The minimum Gasteiger partial charge on any atom is -0.374 e. The van der Waals surface area contributed by atoms with Crippen LogP contribution in [-0.4, -0.2) is 71.2 Å². The lowest BCUT2D eigenvalue weighted by molar-refractivity contribution is -0.891. The quantitative estimate of drug-likeness (QED) is 0.548. The summed E-state index contributed by atoms with van der Waals surface area (Å²) in [5.74, 6) is 0. The third-order valence-electron chi connectivity index (χ3n) is 2.53. The predicted octanol–water partition coefficient (Wildman–Crippen LogP) is -0.301. The van der Waals surface area contributed by atoms with Crippen LogP contribution in [0.4, 0.5) is 0 Å². The number of rotatable bonds is 0. The van der Waals surface area contributed by atoms with E-state index in [1.165, 1.54) is 0 Å². The molecule has 0 aromatic carbocycles. The minimum atomic E-state index is 0.806. The van der Waals surface area contributed by atoms with E-state index in [9.17, 15) is 0 Å². The molecule has 0 saturated carbocycles. The number of hydrogen-bond acceptors (Lipinski definition) is 3. The summed E-state index contributed by atoms with van der Waals surface area (Å²) in [6, 6.07) is 0. The number of likely N-dealkylation sites (N-methyl/N-ethyl adjacent to an activating group) is 1. The molecule has 84 valence electrons. The molecule has 0 aromatic heterocycles. The van der Waals surface area contributed by atoms with Crippen molar-refractivity contribution in [2.75, 3.05) is 66.7 Å². The Morgan fingerprint density at radius 1 is 0.857 bits per heavy atom. The predicted molar refractivity (Wildman–Crippen MR) is 56.4 cm³/mol. The summed E-state index contributed by atoms with van der Waals surface area (Å²) in [5, 5.41) is 3.27. The fraction of sp³-hybridized carbons (Fsp3) is 1.00. The van der Waals surface area contributed by atoms with Crippen molar-refractivity contribution < 1.29 is 14.0 Å². The standard InChI is InChI=1S/C10H23N2O2/c1-12(2)5-9-13-7-3-11-4-8-14-10-6-12/h11H,3-10H2,1-2H3/q+1. The molecule has 14 heavy (non-hydrogen) atoms. The van der Waals surface area contributed by atoms with Gasteiger partial charge in [0.2, 0.25) is 0 Å². The molecule has 1 rings (SSSR count). The van der Waals surface area contributed by atoms with Gasteiger partial charge in [-0.2, -0.15) is 0 Å². The van der Waals surface area contributed by atoms with Crippen molar-refractivity contribution >= 4 is 0 Å². The van der Waals surface area contributed by atoms with Gasteiger partial charge < -0.3 is 19.3 Å². The molecule has 1 aliphatic heterocycles. The van der Waals surface area contributed by atoms with Crippen molar-refractivity contribution in [3.63, 3.8) is 0 Å². The third-order valence-corrected chi connectivity index (χ3v) is 2.53. The lowest BCUT2D eigenvalue weighted by Crippen LogP contribution is -2.45. The van der Waals surface area contributed by atoms with Crippen LogP contribution in [0.25, 0.3) is 0 Å². The molecule has 1 aliphatic rings. The highest BCUT2D eigenvalue weighted by Crippen LogP contribution is 1.97. The van der Waals surface area contributed by atoms with E-state index >= 15 is 0 Å². The molecule has 1 fully saturated rings. The van der Waals surface area contributed by atoms with Gasteiger partial charge in [-0.3, -0.25) is 0 Å². The Morgan fingerprint density at radius 2 is 1.36 bits per heavy atom. The van der Waals surface area contributed by atoms with E-state index in [0.29, 0.717) is 0 Å². The van der Waals surface area contributed by atoms with Crippen molar-refractivity contribution in [2.24, 2.45) is 0 Å². The Bertz CT molecular complexity index is 137. The van der Waals surface area contributed by atoms with Crippen molar-refractivity contribution in [3.8, 4) is 0 Å². The van der Waals surface area contributed by atoms with E-state index in [0.717, 1.165) is 57.1 Å². The maximum atomic E-state index is 5.52. The summed E-state index contributed by atoms with van der Waals surface area (Å²) in [7, 11) is 4.44. The number of nitrogens with zero attached hydrogens (tertiary/aromatic N) is 1. The summed E-state index contributed by atoms with van der Waals surface area (Å²) < 4.78 is 12.0. The average molecular weight is 203 g/mol. The molecule has 0 bridgehead atoms. The molecule has 4 heteroatoms. The van der Waals surface area contributed by atoms with E-state index in [-0.39, 0.29) is 0 Å². The highest BCUT2D eigenvalue weighted by atomic mass is 16.5. The first kappa shape index (κ1) is 11.9. The van der Waals surface area contributed by atoms with Gasteiger partial charge in [0.15, 0.2) is 0 Å². The Hall–Kier alpha value is -0.160. The molecule has 0 spiro atoms. The number of nitrogens with one attached hydrogen (secondary N) is 1. The van der Waals surface area contributed by atoms with Gasteiger partial charge in [-0.25, -0.2) is 0 Å². The second-order valence-electron chi connectivity index (χ2n) is 4.36. The summed E-state index contributed by atoms with van der Waals surface area (Å²) in [4.78, 5) is 0. The topological polar surface area (TPSA) is 30.5 Å². The van der Waals surface area contributed by atoms with E-state index in [1.807, 2.05) is 0 Å². The van der Waals surface area contributed by atoms with Gasteiger partial charge in [0.05, 0.1) is 40.5 Å². The summed E-state index contributed by atoms with van der Waals surface area (Å²) in [6.07, 6.45) is 0. The minimum absolute atomic E-state index is 0.806. The molecule has 1 heterocycles. The zero-order valence-electron chi connectivity index (χ0n) is 9.42. The molecular formula is C10H23N2O2+. The molecular weight excluding hydrogens is 180 g/mol. The average Bonchev–Trinajstić information content (AvgIpc) is 2.11. The maximum Gasteiger partial charge on any atom is 0.102 e. The van der Waals surface area contributed by atoms with Crippen LogP contribution in [0.1, 0.15) is 0 Å². The number of quaternary nitrogens is 1. The van der Waals surface area contributed by atoms with Crippen LogP contribution in [0.2, 0.25) is 0 Å². The fourth-order valence-corrected chi connectivity index (χ4v) is 1.35. The van der Waals surface area contributed by atoms with E-state index in [2.05, 4.69) is 19.4 Å². The van der Waals surface area contributed by atoms with Gasteiger partial charge in [0.25, 0.3) is 0 Å². The van der Waals surface area contributed by atoms with E-state index in [1.54, 1.807) is 0 Å². The normalized spacial score (nSPS) is 26.1. The van der Waals surface area contributed by atoms with E-state index < -0.39 is 0 Å². The van der Waals surface area contributed by atoms with Crippen molar-refractivity contribution in [2.45, 2.75) is 0 Å². The smallest absolute Gasteiger partial charge is 0.102 e. The van der Waals surface area contributed by atoms with Crippen LogP contribution in [0.3, 0.4) is 0 Å².